The van der Waals surface area contributed by atoms with Gasteiger partial charge in [-0.15, -0.1) is 23.7 Å². The first-order valence-electron chi connectivity index (χ1n) is 8.09. The number of hydrogen-bond donors (Lipinski definition) is 3. The van der Waals surface area contributed by atoms with Crippen LogP contribution in [0.2, 0.25) is 0 Å². The van der Waals surface area contributed by atoms with Crippen molar-refractivity contribution in [1.82, 2.24) is 16.0 Å². The molecule has 1 aliphatic rings. The van der Waals surface area contributed by atoms with Gasteiger partial charge in [0.25, 0.3) is 5.91 Å². The van der Waals surface area contributed by atoms with E-state index in [1.807, 2.05) is 41.8 Å². The standard InChI is InChI=1S/C18H21N3O2S.ClH/c22-17(20-12-14-10-19-11-14)15(9-13-5-2-1-3-6-13)21-18(23)16-7-4-8-24-16;/h1-8,14-15,19H,9-12H2,(H,20,22)(H,21,23);1H. The summed E-state index contributed by atoms with van der Waals surface area (Å²) in [6.45, 7) is 2.52. The van der Waals surface area contributed by atoms with Crippen molar-refractivity contribution in [1.29, 1.82) is 0 Å². The molecular weight excluding hydrogens is 358 g/mol. The minimum atomic E-state index is -0.574. The highest BCUT2D eigenvalue weighted by Crippen LogP contribution is 2.10. The molecule has 134 valence electrons. The molecule has 1 fully saturated rings. The molecule has 1 unspecified atom stereocenters. The van der Waals surface area contributed by atoms with Crippen LogP contribution in [0, 0.1) is 5.92 Å². The average Bonchev–Trinajstić information content (AvgIpc) is 3.08. The van der Waals surface area contributed by atoms with Crippen molar-refractivity contribution in [3.05, 3.63) is 58.3 Å². The fourth-order valence-corrected chi connectivity index (χ4v) is 3.18. The summed E-state index contributed by atoms with van der Waals surface area (Å²) in [7, 11) is 0. The summed E-state index contributed by atoms with van der Waals surface area (Å²) in [5, 5.41) is 10.9. The van der Waals surface area contributed by atoms with Gasteiger partial charge in [0.1, 0.15) is 6.04 Å². The summed E-state index contributed by atoms with van der Waals surface area (Å²) in [4.78, 5) is 25.5. The van der Waals surface area contributed by atoms with Crippen molar-refractivity contribution >= 4 is 35.6 Å². The smallest absolute Gasteiger partial charge is 0.262 e. The van der Waals surface area contributed by atoms with Crippen LogP contribution in [-0.2, 0) is 11.2 Å². The maximum absolute atomic E-state index is 12.6. The van der Waals surface area contributed by atoms with E-state index in [2.05, 4.69) is 16.0 Å². The minimum absolute atomic E-state index is 0. The fraction of sp³-hybridized carbons (Fsp3) is 0.333. The van der Waals surface area contributed by atoms with Crippen LogP contribution in [0.1, 0.15) is 15.2 Å². The van der Waals surface area contributed by atoms with Gasteiger partial charge in [0.2, 0.25) is 5.91 Å². The van der Waals surface area contributed by atoms with Gasteiger partial charge in [0, 0.05) is 32.0 Å². The second-order valence-electron chi connectivity index (χ2n) is 5.96. The van der Waals surface area contributed by atoms with Crippen LogP contribution in [-0.4, -0.2) is 37.5 Å². The second-order valence-corrected chi connectivity index (χ2v) is 6.91. The normalized spacial score (nSPS) is 14.7. The van der Waals surface area contributed by atoms with Crippen LogP contribution in [0.3, 0.4) is 0 Å². The third kappa shape index (κ3) is 5.56. The third-order valence-electron chi connectivity index (χ3n) is 4.08. The van der Waals surface area contributed by atoms with Gasteiger partial charge in [-0.2, -0.15) is 0 Å². The topological polar surface area (TPSA) is 70.2 Å². The Morgan fingerprint density at radius 3 is 2.52 bits per heavy atom. The molecule has 0 spiro atoms. The highest BCUT2D eigenvalue weighted by Gasteiger charge is 2.24. The fourth-order valence-electron chi connectivity index (χ4n) is 2.56. The van der Waals surface area contributed by atoms with Gasteiger partial charge in [-0.05, 0) is 17.0 Å². The lowest BCUT2D eigenvalue weighted by Gasteiger charge is -2.28. The minimum Gasteiger partial charge on any atom is -0.354 e. The number of rotatable bonds is 7. The zero-order chi connectivity index (χ0) is 16.8. The van der Waals surface area contributed by atoms with Crippen molar-refractivity contribution in [2.24, 2.45) is 5.92 Å². The summed E-state index contributed by atoms with van der Waals surface area (Å²) in [6.07, 6.45) is 0.479. The molecule has 3 N–H and O–H groups in total. The van der Waals surface area contributed by atoms with Crippen molar-refractivity contribution < 1.29 is 9.59 Å². The molecule has 25 heavy (non-hydrogen) atoms. The number of hydrogen-bond acceptors (Lipinski definition) is 4. The number of carbonyl (C=O) groups is 2. The number of benzene rings is 1. The molecule has 0 radical (unpaired) electrons. The summed E-state index contributed by atoms with van der Waals surface area (Å²) in [6, 6.07) is 12.8. The average molecular weight is 380 g/mol. The molecule has 1 atom stereocenters. The molecule has 0 aliphatic carbocycles. The van der Waals surface area contributed by atoms with Gasteiger partial charge in [-0.3, -0.25) is 9.59 Å². The Labute approximate surface area is 157 Å². The van der Waals surface area contributed by atoms with Crippen molar-refractivity contribution in [2.75, 3.05) is 19.6 Å². The van der Waals surface area contributed by atoms with E-state index >= 15 is 0 Å². The van der Waals surface area contributed by atoms with E-state index in [1.54, 1.807) is 6.07 Å². The van der Waals surface area contributed by atoms with E-state index in [0.717, 1.165) is 18.7 Å². The molecule has 1 aliphatic heterocycles. The van der Waals surface area contributed by atoms with E-state index in [1.165, 1.54) is 11.3 Å². The first-order chi connectivity index (χ1) is 11.7. The predicted octanol–water partition coefficient (Wildman–Crippen LogP) is 1.85. The number of carbonyl (C=O) groups excluding carboxylic acids is 2. The lowest BCUT2D eigenvalue weighted by Crippen LogP contribution is -2.53. The van der Waals surface area contributed by atoms with Crippen LogP contribution in [0.4, 0.5) is 0 Å². The highest BCUT2D eigenvalue weighted by atomic mass is 35.5. The van der Waals surface area contributed by atoms with Gasteiger partial charge in [0.15, 0.2) is 0 Å². The highest BCUT2D eigenvalue weighted by molar-refractivity contribution is 7.12. The van der Waals surface area contributed by atoms with E-state index in [4.69, 9.17) is 0 Å². The predicted molar refractivity (Wildman–Crippen MR) is 102 cm³/mol. The van der Waals surface area contributed by atoms with E-state index < -0.39 is 6.04 Å². The molecule has 2 amide bonds. The van der Waals surface area contributed by atoms with Crippen LogP contribution in [0.15, 0.2) is 47.8 Å². The molecule has 5 nitrogen and oxygen atoms in total. The lowest BCUT2D eigenvalue weighted by molar-refractivity contribution is -0.123. The molecule has 7 heteroatoms. The molecule has 3 rings (SSSR count). The molecule has 1 saturated heterocycles. The summed E-state index contributed by atoms with van der Waals surface area (Å²) in [5.74, 6) is 0.154. The van der Waals surface area contributed by atoms with Crippen LogP contribution < -0.4 is 16.0 Å². The first kappa shape index (κ1) is 19.4. The van der Waals surface area contributed by atoms with Gasteiger partial charge in [-0.1, -0.05) is 36.4 Å². The zero-order valence-electron chi connectivity index (χ0n) is 13.7. The molecule has 1 aromatic heterocycles. The summed E-state index contributed by atoms with van der Waals surface area (Å²) >= 11 is 1.37. The maximum atomic E-state index is 12.6. The van der Waals surface area contributed by atoms with Crippen LogP contribution >= 0.6 is 23.7 Å². The van der Waals surface area contributed by atoms with Gasteiger partial charge in [0.05, 0.1) is 4.88 Å². The Balaban J connectivity index is 0.00000225. The van der Waals surface area contributed by atoms with Crippen molar-refractivity contribution in [2.45, 2.75) is 12.5 Å². The van der Waals surface area contributed by atoms with Gasteiger partial charge in [-0.25, -0.2) is 0 Å². The summed E-state index contributed by atoms with van der Waals surface area (Å²) < 4.78 is 0. The second kappa shape index (κ2) is 9.56. The molecule has 1 aromatic carbocycles. The van der Waals surface area contributed by atoms with E-state index in [9.17, 15) is 9.59 Å². The molecule has 0 saturated carbocycles. The Morgan fingerprint density at radius 1 is 1.16 bits per heavy atom. The third-order valence-corrected chi connectivity index (χ3v) is 4.95. The molecular formula is C18H22ClN3O2S. The Morgan fingerprint density at radius 2 is 1.92 bits per heavy atom. The SMILES string of the molecule is Cl.O=C(NC(Cc1ccccc1)C(=O)NCC1CNC1)c1cccs1. The monoisotopic (exact) mass is 379 g/mol. The van der Waals surface area contributed by atoms with E-state index in [-0.39, 0.29) is 24.2 Å². The Kier molecular flexibility index (Phi) is 7.43. The first-order valence-corrected chi connectivity index (χ1v) is 8.97. The van der Waals surface area contributed by atoms with E-state index in [0.29, 0.717) is 23.8 Å². The molecule has 0 bridgehead atoms. The quantitative estimate of drug-likeness (QED) is 0.687. The Hall–Kier alpha value is -1.89. The summed E-state index contributed by atoms with van der Waals surface area (Å²) in [5.41, 5.74) is 1.02. The number of halogens is 1. The Bertz CT molecular complexity index is 675. The van der Waals surface area contributed by atoms with Crippen molar-refractivity contribution in [3.8, 4) is 0 Å². The number of nitrogens with one attached hydrogen (secondary N) is 3. The van der Waals surface area contributed by atoms with Gasteiger partial charge >= 0.3 is 0 Å². The van der Waals surface area contributed by atoms with Crippen LogP contribution in [0.25, 0.3) is 0 Å². The largest absolute Gasteiger partial charge is 0.354 e. The van der Waals surface area contributed by atoms with Crippen molar-refractivity contribution in [3.63, 3.8) is 0 Å². The zero-order valence-corrected chi connectivity index (χ0v) is 15.4. The number of thiophene rings is 1. The number of amides is 2. The van der Waals surface area contributed by atoms with Crippen LogP contribution in [0.5, 0.6) is 0 Å². The maximum Gasteiger partial charge on any atom is 0.262 e. The molecule has 2 aromatic rings. The van der Waals surface area contributed by atoms with Gasteiger partial charge < -0.3 is 16.0 Å². The lowest BCUT2D eigenvalue weighted by atomic mass is 10.0. The molecule has 2 heterocycles.